The van der Waals surface area contributed by atoms with Gasteiger partial charge in [-0.25, -0.2) is 0 Å². The van der Waals surface area contributed by atoms with Crippen molar-refractivity contribution in [1.29, 1.82) is 0 Å². The summed E-state index contributed by atoms with van der Waals surface area (Å²) >= 11 is 0. The summed E-state index contributed by atoms with van der Waals surface area (Å²) in [6.07, 6.45) is 4.82. The lowest BCUT2D eigenvalue weighted by atomic mass is 10.1. The molecule has 5 heteroatoms. The Morgan fingerprint density at radius 1 is 1.15 bits per heavy atom. The van der Waals surface area contributed by atoms with Gasteiger partial charge < -0.3 is 5.32 Å². The van der Waals surface area contributed by atoms with Crippen LogP contribution in [0.1, 0.15) is 13.3 Å². The molecule has 0 aliphatic rings. The number of nitrogens with one attached hydrogen (secondary N) is 1. The molecule has 102 valence electrons. The Kier molecular flexibility index (Phi) is 3.33. The maximum Gasteiger partial charge on any atom is 0.156 e. The highest BCUT2D eigenvalue weighted by molar-refractivity contribution is 5.99. The second-order valence-corrected chi connectivity index (χ2v) is 4.77. The van der Waals surface area contributed by atoms with Gasteiger partial charge >= 0.3 is 0 Å². The van der Waals surface area contributed by atoms with Crippen LogP contribution in [0.3, 0.4) is 0 Å². The van der Waals surface area contributed by atoms with Crippen LogP contribution in [-0.2, 0) is 7.05 Å². The van der Waals surface area contributed by atoms with Crippen molar-refractivity contribution in [3.63, 3.8) is 0 Å². The quantitative estimate of drug-likeness (QED) is 0.789. The lowest BCUT2D eigenvalue weighted by Gasteiger charge is -2.09. The summed E-state index contributed by atoms with van der Waals surface area (Å²) in [5.74, 6) is 0.843. The van der Waals surface area contributed by atoms with Crippen LogP contribution in [0.2, 0.25) is 0 Å². The Morgan fingerprint density at radius 3 is 2.65 bits per heavy atom. The molecule has 20 heavy (non-hydrogen) atoms. The Bertz CT molecular complexity index is 732. The molecule has 5 nitrogen and oxygen atoms in total. The van der Waals surface area contributed by atoms with E-state index in [9.17, 15) is 0 Å². The van der Waals surface area contributed by atoms with Crippen molar-refractivity contribution in [2.45, 2.75) is 13.3 Å². The van der Waals surface area contributed by atoms with Crippen molar-refractivity contribution >= 4 is 16.6 Å². The van der Waals surface area contributed by atoms with E-state index in [0.29, 0.717) is 0 Å². The summed E-state index contributed by atoms with van der Waals surface area (Å²) in [5.41, 5.74) is 1.86. The maximum atomic E-state index is 4.38. The Hall–Kier alpha value is -2.43. The van der Waals surface area contributed by atoms with Crippen molar-refractivity contribution in [2.75, 3.05) is 11.9 Å². The minimum Gasteiger partial charge on any atom is -0.368 e. The molecular weight excluding hydrogens is 250 g/mol. The average molecular weight is 267 g/mol. The van der Waals surface area contributed by atoms with Gasteiger partial charge in [-0.3, -0.25) is 4.68 Å². The van der Waals surface area contributed by atoms with Gasteiger partial charge in [0.2, 0.25) is 0 Å². The summed E-state index contributed by atoms with van der Waals surface area (Å²) in [7, 11) is 1.90. The van der Waals surface area contributed by atoms with Gasteiger partial charge in [-0.15, -0.1) is 10.2 Å². The van der Waals surface area contributed by atoms with E-state index < -0.39 is 0 Å². The second-order valence-electron chi connectivity index (χ2n) is 4.77. The third kappa shape index (κ3) is 2.22. The van der Waals surface area contributed by atoms with E-state index in [-0.39, 0.29) is 0 Å². The topological polar surface area (TPSA) is 55.6 Å². The van der Waals surface area contributed by atoms with Crippen LogP contribution in [-0.4, -0.2) is 26.5 Å². The van der Waals surface area contributed by atoms with Gasteiger partial charge in [0.1, 0.15) is 5.69 Å². The Balaban J connectivity index is 2.15. The lowest BCUT2D eigenvalue weighted by Crippen LogP contribution is -2.04. The van der Waals surface area contributed by atoms with E-state index in [1.54, 1.807) is 4.68 Å². The smallest absolute Gasteiger partial charge is 0.156 e. The maximum absolute atomic E-state index is 4.38. The third-order valence-corrected chi connectivity index (χ3v) is 3.21. The Morgan fingerprint density at radius 2 is 1.95 bits per heavy atom. The zero-order valence-electron chi connectivity index (χ0n) is 11.7. The SMILES string of the molecule is CCCNc1nnc(-c2cnn(C)c2)c2ccccc12. The van der Waals surface area contributed by atoms with Crippen molar-refractivity contribution < 1.29 is 0 Å². The first-order chi connectivity index (χ1) is 9.79. The number of rotatable bonds is 4. The van der Waals surface area contributed by atoms with Gasteiger partial charge in [0, 0.05) is 36.1 Å². The van der Waals surface area contributed by atoms with Gasteiger partial charge in [0.05, 0.1) is 6.20 Å². The minimum absolute atomic E-state index is 0.843. The fourth-order valence-corrected chi connectivity index (χ4v) is 2.23. The van der Waals surface area contributed by atoms with Crippen molar-refractivity contribution in [1.82, 2.24) is 20.0 Å². The second kappa shape index (κ2) is 5.28. The van der Waals surface area contributed by atoms with Gasteiger partial charge in [0.25, 0.3) is 0 Å². The number of hydrogen-bond acceptors (Lipinski definition) is 4. The molecule has 0 spiro atoms. The average Bonchev–Trinajstić information content (AvgIpc) is 2.91. The first kappa shape index (κ1) is 12.6. The van der Waals surface area contributed by atoms with E-state index in [2.05, 4.69) is 39.7 Å². The number of nitrogens with zero attached hydrogens (tertiary/aromatic N) is 4. The molecule has 2 heterocycles. The van der Waals surface area contributed by atoms with E-state index in [0.717, 1.165) is 40.8 Å². The highest BCUT2D eigenvalue weighted by atomic mass is 15.2. The molecule has 0 aliphatic carbocycles. The van der Waals surface area contributed by atoms with E-state index >= 15 is 0 Å². The number of aromatic nitrogens is 4. The van der Waals surface area contributed by atoms with E-state index in [1.807, 2.05) is 31.6 Å². The molecule has 3 aromatic rings. The number of hydrogen-bond donors (Lipinski definition) is 1. The fraction of sp³-hybridized carbons (Fsp3) is 0.267. The summed E-state index contributed by atoms with van der Waals surface area (Å²) in [6, 6.07) is 8.19. The number of aryl methyl sites for hydroxylation is 1. The summed E-state index contributed by atoms with van der Waals surface area (Å²) in [5, 5.41) is 18.4. The van der Waals surface area contributed by atoms with Crippen LogP contribution >= 0.6 is 0 Å². The van der Waals surface area contributed by atoms with Gasteiger partial charge in [0.15, 0.2) is 5.82 Å². The first-order valence-electron chi connectivity index (χ1n) is 6.78. The van der Waals surface area contributed by atoms with Crippen LogP contribution in [0.4, 0.5) is 5.82 Å². The fourth-order valence-electron chi connectivity index (χ4n) is 2.23. The molecule has 1 aromatic carbocycles. The summed E-state index contributed by atoms with van der Waals surface area (Å²) in [6.45, 7) is 3.03. The summed E-state index contributed by atoms with van der Waals surface area (Å²) in [4.78, 5) is 0. The highest BCUT2D eigenvalue weighted by Crippen LogP contribution is 2.29. The van der Waals surface area contributed by atoms with Crippen LogP contribution in [0.5, 0.6) is 0 Å². The third-order valence-electron chi connectivity index (χ3n) is 3.21. The molecule has 0 amide bonds. The number of benzene rings is 1. The predicted octanol–water partition coefficient (Wildman–Crippen LogP) is 2.85. The van der Waals surface area contributed by atoms with Crippen molar-refractivity contribution in [3.8, 4) is 11.3 Å². The van der Waals surface area contributed by atoms with Crippen LogP contribution in [0.15, 0.2) is 36.7 Å². The first-order valence-corrected chi connectivity index (χ1v) is 6.78. The highest BCUT2D eigenvalue weighted by Gasteiger charge is 2.11. The molecule has 0 fully saturated rings. The van der Waals surface area contributed by atoms with E-state index in [1.165, 1.54) is 0 Å². The number of fused-ring (bicyclic) bond motifs is 1. The van der Waals surface area contributed by atoms with Crippen molar-refractivity contribution in [3.05, 3.63) is 36.7 Å². The number of anilines is 1. The van der Waals surface area contributed by atoms with Crippen LogP contribution < -0.4 is 5.32 Å². The largest absolute Gasteiger partial charge is 0.368 e. The molecule has 0 atom stereocenters. The Labute approximate surface area is 117 Å². The molecule has 2 aromatic heterocycles. The molecule has 0 radical (unpaired) electrons. The molecule has 0 unspecified atom stereocenters. The molecule has 0 bridgehead atoms. The predicted molar refractivity (Wildman–Crippen MR) is 80.5 cm³/mol. The molecule has 0 saturated heterocycles. The standard InChI is InChI=1S/C15H17N5/c1-3-8-16-15-13-7-5-4-6-12(13)14(18-19-15)11-9-17-20(2)10-11/h4-7,9-10H,3,8H2,1-2H3,(H,16,19). The molecule has 1 N–H and O–H groups in total. The monoisotopic (exact) mass is 267 g/mol. The minimum atomic E-state index is 0.843. The van der Waals surface area contributed by atoms with E-state index in [4.69, 9.17) is 0 Å². The zero-order valence-corrected chi connectivity index (χ0v) is 11.7. The van der Waals surface area contributed by atoms with Gasteiger partial charge in [-0.2, -0.15) is 5.10 Å². The van der Waals surface area contributed by atoms with Gasteiger partial charge in [-0.1, -0.05) is 31.2 Å². The molecular formula is C15H17N5. The lowest BCUT2D eigenvalue weighted by molar-refractivity contribution is 0.768. The summed E-state index contributed by atoms with van der Waals surface area (Å²) < 4.78 is 1.77. The van der Waals surface area contributed by atoms with Gasteiger partial charge in [-0.05, 0) is 6.42 Å². The molecule has 0 aliphatic heterocycles. The molecule has 0 saturated carbocycles. The zero-order chi connectivity index (χ0) is 13.9. The van der Waals surface area contributed by atoms with Crippen molar-refractivity contribution in [2.24, 2.45) is 7.05 Å². The van der Waals surface area contributed by atoms with Crippen LogP contribution in [0, 0.1) is 0 Å². The normalized spacial score (nSPS) is 10.9. The van der Waals surface area contributed by atoms with Crippen LogP contribution in [0.25, 0.3) is 22.0 Å². The molecule has 3 rings (SSSR count).